The highest BCUT2D eigenvalue weighted by atomic mass is 32.2. The number of nitrogens with one attached hydrogen (secondary N) is 1. The summed E-state index contributed by atoms with van der Waals surface area (Å²) >= 11 is 1.83. The molecule has 20 heavy (non-hydrogen) atoms. The zero-order valence-electron chi connectivity index (χ0n) is 11.9. The fourth-order valence-corrected chi connectivity index (χ4v) is 4.28. The molecule has 1 aliphatic heterocycles. The maximum absolute atomic E-state index is 11.9. The van der Waals surface area contributed by atoms with Crippen molar-refractivity contribution in [1.29, 1.82) is 0 Å². The summed E-state index contributed by atoms with van der Waals surface area (Å²) in [6.07, 6.45) is 10.7. The van der Waals surface area contributed by atoms with Crippen LogP contribution in [0.25, 0.3) is 0 Å². The number of carbonyl (C=O) groups is 1. The van der Waals surface area contributed by atoms with E-state index in [1.807, 2.05) is 18.0 Å². The number of hydrogen-bond donors (Lipinski definition) is 1. The molecule has 5 heteroatoms. The van der Waals surface area contributed by atoms with Crippen molar-refractivity contribution >= 4 is 17.7 Å². The van der Waals surface area contributed by atoms with E-state index < -0.39 is 0 Å². The summed E-state index contributed by atoms with van der Waals surface area (Å²) in [6, 6.07) is 0. The Labute approximate surface area is 124 Å². The summed E-state index contributed by atoms with van der Waals surface area (Å²) < 4.78 is 2.10. The van der Waals surface area contributed by atoms with Crippen LogP contribution in [0.1, 0.15) is 49.8 Å². The highest BCUT2D eigenvalue weighted by Gasteiger charge is 2.18. The number of aromatic nitrogens is 2. The van der Waals surface area contributed by atoms with Crippen molar-refractivity contribution in [3.05, 3.63) is 17.5 Å². The summed E-state index contributed by atoms with van der Waals surface area (Å²) in [5, 5.41) is 8.16. The largest absolute Gasteiger partial charge is 0.351 e. The van der Waals surface area contributed by atoms with E-state index in [0.717, 1.165) is 13.0 Å². The van der Waals surface area contributed by atoms with Gasteiger partial charge in [0, 0.05) is 29.6 Å². The van der Waals surface area contributed by atoms with Crippen LogP contribution in [0.2, 0.25) is 0 Å². The van der Waals surface area contributed by atoms with Crippen LogP contribution in [0.15, 0.2) is 6.20 Å². The molecule has 4 nitrogen and oxygen atoms in total. The molecule has 0 atom stereocenters. The lowest BCUT2D eigenvalue weighted by molar-refractivity contribution is -0.118. The number of amides is 1. The van der Waals surface area contributed by atoms with Gasteiger partial charge >= 0.3 is 0 Å². The Balaban J connectivity index is 1.44. The fourth-order valence-electron chi connectivity index (χ4n) is 3.13. The van der Waals surface area contributed by atoms with E-state index in [1.54, 1.807) is 0 Å². The molecule has 1 saturated carbocycles. The first-order valence-electron chi connectivity index (χ1n) is 7.75. The number of rotatable bonds is 5. The first kappa shape index (κ1) is 14.0. The van der Waals surface area contributed by atoms with E-state index in [1.165, 1.54) is 49.8 Å². The van der Waals surface area contributed by atoms with E-state index in [9.17, 15) is 4.79 Å². The van der Waals surface area contributed by atoms with Crippen molar-refractivity contribution < 1.29 is 4.79 Å². The van der Waals surface area contributed by atoms with Gasteiger partial charge in [-0.1, -0.05) is 12.8 Å². The van der Waals surface area contributed by atoms with E-state index in [4.69, 9.17) is 0 Å². The number of nitrogens with zero attached hydrogens (tertiary/aromatic N) is 2. The minimum Gasteiger partial charge on any atom is -0.351 e. The highest BCUT2D eigenvalue weighted by molar-refractivity contribution is 8.00. The van der Waals surface area contributed by atoms with Gasteiger partial charge in [-0.25, -0.2) is 0 Å². The Hall–Kier alpha value is -0.970. The molecule has 0 saturated heterocycles. The van der Waals surface area contributed by atoms with Gasteiger partial charge in [-0.15, -0.1) is 11.8 Å². The molecule has 2 aliphatic rings. The molecular weight excluding hydrogens is 270 g/mol. The maximum atomic E-state index is 11.9. The van der Waals surface area contributed by atoms with Crippen molar-refractivity contribution in [3.8, 4) is 0 Å². The molecule has 1 fully saturated rings. The second kappa shape index (κ2) is 6.66. The summed E-state index contributed by atoms with van der Waals surface area (Å²) in [7, 11) is 0. The summed E-state index contributed by atoms with van der Waals surface area (Å²) in [6.45, 7) is 1.67. The van der Waals surface area contributed by atoms with Crippen molar-refractivity contribution in [2.45, 2.75) is 63.3 Å². The van der Waals surface area contributed by atoms with Crippen LogP contribution in [0, 0.1) is 0 Å². The standard InChI is InChI=1S/C15H23N3OS/c19-15(11-20-13-5-1-2-6-13)16-9-12-10-17-18-8-4-3-7-14(12)18/h10,13H,1-9,11H2,(H,16,19). The average Bonchev–Trinajstić information content (AvgIpc) is 3.12. The van der Waals surface area contributed by atoms with E-state index in [0.29, 0.717) is 17.5 Å². The Morgan fingerprint density at radius 2 is 2.20 bits per heavy atom. The lowest BCUT2D eigenvalue weighted by Gasteiger charge is -2.15. The van der Waals surface area contributed by atoms with Crippen molar-refractivity contribution in [2.75, 3.05) is 5.75 Å². The molecule has 0 radical (unpaired) electrons. The number of fused-ring (bicyclic) bond motifs is 1. The predicted octanol–water partition coefficient (Wildman–Crippen LogP) is 2.51. The number of hydrogen-bond acceptors (Lipinski definition) is 3. The van der Waals surface area contributed by atoms with Gasteiger partial charge in [-0.2, -0.15) is 5.10 Å². The fraction of sp³-hybridized carbons (Fsp3) is 0.733. The van der Waals surface area contributed by atoms with Gasteiger partial charge in [0.05, 0.1) is 11.9 Å². The molecule has 0 bridgehead atoms. The van der Waals surface area contributed by atoms with E-state index in [2.05, 4.69) is 15.1 Å². The van der Waals surface area contributed by atoms with Crippen LogP contribution in [0.5, 0.6) is 0 Å². The normalized spacial score (nSPS) is 19.0. The number of thioether (sulfide) groups is 1. The van der Waals surface area contributed by atoms with Crippen molar-refractivity contribution in [3.63, 3.8) is 0 Å². The Kier molecular flexibility index (Phi) is 4.65. The third-order valence-corrected chi connectivity index (χ3v) is 5.67. The van der Waals surface area contributed by atoms with Gasteiger partial charge in [-0.05, 0) is 32.1 Å². The molecule has 110 valence electrons. The smallest absolute Gasteiger partial charge is 0.230 e. The van der Waals surface area contributed by atoms with E-state index >= 15 is 0 Å². The van der Waals surface area contributed by atoms with Gasteiger partial charge in [0.25, 0.3) is 0 Å². The molecule has 2 heterocycles. The maximum Gasteiger partial charge on any atom is 0.230 e. The highest BCUT2D eigenvalue weighted by Crippen LogP contribution is 2.29. The van der Waals surface area contributed by atoms with Crippen LogP contribution in [0.3, 0.4) is 0 Å². The second-order valence-corrected chi connectivity index (χ2v) is 7.08. The van der Waals surface area contributed by atoms with E-state index in [-0.39, 0.29) is 5.91 Å². The van der Waals surface area contributed by atoms with Crippen molar-refractivity contribution in [2.24, 2.45) is 0 Å². The molecule has 1 aromatic heterocycles. The Morgan fingerprint density at radius 3 is 3.05 bits per heavy atom. The molecule has 1 N–H and O–H groups in total. The summed E-state index contributed by atoms with van der Waals surface area (Å²) in [5.74, 6) is 0.770. The number of carbonyl (C=O) groups excluding carboxylic acids is 1. The third-order valence-electron chi connectivity index (χ3n) is 4.30. The van der Waals surface area contributed by atoms with Crippen molar-refractivity contribution in [1.82, 2.24) is 15.1 Å². The lowest BCUT2D eigenvalue weighted by Crippen LogP contribution is -2.26. The molecular formula is C15H23N3OS. The van der Waals surface area contributed by atoms with Crippen LogP contribution in [-0.2, 0) is 24.3 Å². The first-order valence-corrected chi connectivity index (χ1v) is 8.79. The van der Waals surface area contributed by atoms with Crippen LogP contribution < -0.4 is 5.32 Å². The first-order chi connectivity index (χ1) is 9.83. The molecule has 0 unspecified atom stereocenters. The van der Waals surface area contributed by atoms with Gasteiger partial charge in [0.15, 0.2) is 0 Å². The third kappa shape index (κ3) is 3.37. The molecule has 1 amide bonds. The molecule has 1 aliphatic carbocycles. The van der Waals surface area contributed by atoms with Gasteiger partial charge in [-0.3, -0.25) is 9.48 Å². The average molecular weight is 293 g/mol. The lowest BCUT2D eigenvalue weighted by atomic mass is 10.1. The SMILES string of the molecule is O=C(CSC1CCCC1)NCc1cnn2c1CCCC2. The number of aryl methyl sites for hydroxylation is 1. The molecule has 1 aromatic rings. The van der Waals surface area contributed by atoms with Gasteiger partial charge in [0.2, 0.25) is 5.91 Å². The monoisotopic (exact) mass is 293 g/mol. The zero-order valence-corrected chi connectivity index (χ0v) is 12.8. The predicted molar refractivity (Wildman–Crippen MR) is 81.7 cm³/mol. The Morgan fingerprint density at radius 1 is 1.35 bits per heavy atom. The molecule has 0 spiro atoms. The topological polar surface area (TPSA) is 46.9 Å². The van der Waals surface area contributed by atoms with Gasteiger partial charge in [0.1, 0.15) is 0 Å². The van der Waals surface area contributed by atoms with Crippen LogP contribution in [-0.4, -0.2) is 26.7 Å². The quantitative estimate of drug-likeness (QED) is 0.907. The summed E-state index contributed by atoms with van der Waals surface area (Å²) in [5.41, 5.74) is 2.52. The van der Waals surface area contributed by atoms with Gasteiger partial charge < -0.3 is 5.32 Å². The Bertz CT molecular complexity index is 466. The molecule has 0 aromatic carbocycles. The van der Waals surface area contributed by atoms with Crippen LogP contribution in [0.4, 0.5) is 0 Å². The molecule has 3 rings (SSSR count). The summed E-state index contributed by atoms with van der Waals surface area (Å²) in [4.78, 5) is 11.9. The second-order valence-electron chi connectivity index (χ2n) is 5.79. The minimum atomic E-state index is 0.164. The zero-order chi connectivity index (χ0) is 13.8. The van der Waals surface area contributed by atoms with Crippen LogP contribution >= 0.6 is 11.8 Å². The minimum absolute atomic E-state index is 0.164.